The molecule has 1 aliphatic rings. The van der Waals surface area contributed by atoms with E-state index < -0.39 is 0 Å². The van der Waals surface area contributed by atoms with Crippen molar-refractivity contribution < 1.29 is 9.53 Å². The fourth-order valence-electron chi connectivity index (χ4n) is 2.73. The zero-order chi connectivity index (χ0) is 17.1. The Labute approximate surface area is 142 Å². The number of aryl methyl sites for hydroxylation is 1. The molecule has 1 aliphatic heterocycles. The molecule has 0 aliphatic carbocycles. The van der Waals surface area contributed by atoms with E-state index in [-0.39, 0.29) is 11.9 Å². The molecule has 126 valence electrons. The summed E-state index contributed by atoms with van der Waals surface area (Å²) in [6.45, 7) is 3.50. The Bertz CT molecular complexity index is 711. The summed E-state index contributed by atoms with van der Waals surface area (Å²) in [7, 11) is 3.50. The van der Waals surface area contributed by atoms with E-state index in [0.717, 1.165) is 35.9 Å². The van der Waals surface area contributed by atoms with Crippen molar-refractivity contribution in [3.63, 3.8) is 0 Å². The molecule has 0 spiro atoms. The first kappa shape index (κ1) is 16.2. The highest BCUT2D eigenvalue weighted by Gasteiger charge is 2.33. The Hall–Kier alpha value is -2.63. The van der Waals surface area contributed by atoms with Crippen molar-refractivity contribution in [3.05, 3.63) is 47.7 Å². The number of nitrogens with zero attached hydrogens (tertiary/aromatic N) is 4. The Morgan fingerprint density at radius 2 is 2.08 bits per heavy atom. The highest BCUT2D eigenvalue weighted by molar-refractivity contribution is 5.79. The maximum atomic E-state index is 12.5. The van der Waals surface area contributed by atoms with E-state index in [1.54, 1.807) is 7.11 Å². The Balaban J connectivity index is 1.54. The van der Waals surface area contributed by atoms with Gasteiger partial charge in [0.15, 0.2) is 5.82 Å². The van der Waals surface area contributed by atoms with Gasteiger partial charge >= 0.3 is 0 Å². The third-order valence-corrected chi connectivity index (χ3v) is 4.40. The predicted molar refractivity (Wildman–Crippen MR) is 92.2 cm³/mol. The Morgan fingerprint density at radius 3 is 2.75 bits per heavy atom. The van der Waals surface area contributed by atoms with Gasteiger partial charge in [-0.2, -0.15) is 5.10 Å². The van der Waals surface area contributed by atoms with Crippen LogP contribution in [0.1, 0.15) is 11.3 Å². The number of hydrogen-bond donors (Lipinski definition) is 0. The van der Waals surface area contributed by atoms with Crippen LogP contribution in [0.4, 0.5) is 5.82 Å². The standard InChI is InChI=1S/C18H22N4O2/c1-13-7-8-17(20-19-13)22-11-15(12-22)21(2)18(23)10-14-5-4-6-16(9-14)24-3/h4-9,15H,10-12H2,1-3H3. The van der Waals surface area contributed by atoms with Crippen molar-refractivity contribution >= 4 is 11.7 Å². The van der Waals surface area contributed by atoms with Crippen LogP contribution < -0.4 is 9.64 Å². The summed E-state index contributed by atoms with van der Waals surface area (Å²) in [5, 5.41) is 8.26. The molecule has 1 aromatic heterocycles. The highest BCUT2D eigenvalue weighted by Crippen LogP contribution is 2.21. The number of ether oxygens (including phenoxy) is 1. The number of carbonyl (C=O) groups is 1. The molecule has 0 saturated carbocycles. The maximum absolute atomic E-state index is 12.5. The van der Waals surface area contributed by atoms with Gasteiger partial charge < -0.3 is 14.5 Å². The van der Waals surface area contributed by atoms with Gasteiger partial charge in [-0.15, -0.1) is 5.10 Å². The van der Waals surface area contributed by atoms with Crippen molar-refractivity contribution in [2.75, 3.05) is 32.1 Å². The Morgan fingerprint density at radius 1 is 1.29 bits per heavy atom. The van der Waals surface area contributed by atoms with Crippen molar-refractivity contribution in [3.8, 4) is 5.75 Å². The molecule has 6 nitrogen and oxygen atoms in total. The molecule has 1 aromatic carbocycles. The molecule has 2 heterocycles. The van der Waals surface area contributed by atoms with Crippen LogP contribution in [-0.4, -0.2) is 54.3 Å². The van der Waals surface area contributed by atoms with Crippen LogP contribution in [0.15, 0.2) is 36.4 Å². The fraction of sp³-hybridized carbons (Fsp3) is 0.389. The number of hydrogen-bond acceptors (Lipinski definition) is 5. The van der Waals surface area contributed by atoms with Crippen LogP contribution >= 0.6 is 0 Å². The molecular formula is C18H22N4O2. The minimum Gasteiger partial charge on any atom is -0.497 e. The van der Waals surface area contributed by atoms with Gasteiger partial charge in [-0.25, -0.2) is 0 Å². The summed E-state index contributed by atoms with van der Waals surface area (Å²) in [6, 6.07) is 11.8. The van der Waals surface area contributed by atoms with E-state index >= 15 is 0 Å². The molecule has 1 amide bonds. The van der Waals surface area contributed by atoms with Crippen molar-refractivity contribution in [1.29, 1.82) is 0 Å². The Kier molecular flexibility index (Phi) is 4.64. The van der Waals surface area contributed by atoms with Gasteiger partial charge in [0.05, 0.1) is 25.3 Å². The lowest BCUT2D eigenvalue weighted by Gasteiger charge is -2.44. The lowest BCUT2D eigenvalue weighted by molar-refractivity contribution is -0.131. The van der Waals surface area contributed by atoms with Gasteiger partial charge in [0, 0.05) is 20.1 Å². The van der Waals surface area contributed by atoms with Gasteiger partial charge in [-0.1, -0.05) is 12.1 Å². The fourth-order valence-corrected chi connectivity index (χ4v) is 2.73. The molecule has 1 saturated heterocycles. The van der Waals surface area contributed by atoms with E-state index in [9.17, 15) is 4.79 Å². The second-order valence-electron chi connectivity index (χ2n) is 6.12. The molecule has 1 fully saturated rings. The SMILES string of the molecule is COc1cccc(CC(=O)N(C)C2CN(c3ccc(C)nn3)C2)c1. The first-order chi connectivity index (χ1) is 11.6. The van der Waals surface area contributed by atoms with Gasteiger partial charge in [0.1, 0.15) is 5.75 Å². The molecule has 2 aromatic rings. The van der Waals surface area contributed by atoms with Crippen molar-refractivity contribution in [2.45, 2.75) is 19.4 Å². The van der Waals surface area contributed by atoms with E-state index in [1.165, 1.54) is 0 Å². The smallest absolute Gasteiger partial charge is 0.227 e. The average Bonchev–Trinajstić information content (AvgIpc) is 2.55. The maximum Gasteiger partial charge on any atom is 0.227 e. The highest BCUT2D eigenvalue weighted by atomic mass is 16.5. The quantitative estimate of drug-likeness (QED) is 0.837. The minimum absolute atomic E-state index is 0.114. The topological polar surface area (TPSA) is 58.6 Å². The number of amides is 1. The average molecular weight is 326 g/mol. The summed E-state index contributed by atoms with van der Waals surface area (Å²) in [5.74, 6) is 1.75. The van der Waals surface area contributed by atoms with Crippen LogP contribution in [0.25, 0.3) is 0 Å². The molecule has 24 heavy (non-hydrogen) atoms. The number of rotatable bonds is 5. The summed E-state index contributed by atoms with van der Waals surface area (Å²) in [6.07, 6.45) is 0.383. The van der Waals surface area contributed by atoms with Gasteiger partial charge in [0.2, 0.25) is 5.91 Å². The monoisotopic (exact) mass is 326 g/mol. The largest absolute Gasteiger partial charge is 0.497 e. The third kappa shape index (κ3) is 3.48. The summed E-state index contributed by atoms with van der Waals surface area (Å²) >= 11 is 0. The van der Waals surface area contributed by atoms with Crippen LogP contribution in [0, 0.1) is 6.92 Å². The van der Waals surface area contributed by atoms with Crippen molar-refractivity contribution in [2.24, 2.45) is 0 Å². The molecule has 6 heteroatoms. The molecule has 0 radical (unpaired) electrons. The second-order valence-corrected chi connectivity index (χ2v) is 6.12. The number of likely N-dealkylation sites (N-methyl/N-ethyl adjacent to an activating group) is 1. The lowest BCUT2D eigenvalue weighted by atomic mass is 10.1. The van der Waals surface area contributed by atoms with Crippen LogP contribution in [0.2, 0.25) is 0 Å². The van der Waals surface area contributed by atoms with Crippen LogP contribution in [0.3, 0.4) is 0 Å². The van der Waals surface area contributed by atoms with Crippen LogP contribution in [-0.2, 0) is 11.2 Å². The van der Waals surface area contributed by atoms with Crippen LogP contribution in [0.5, 0.6) is 5.75 Å². The second kappa shape index (κ2) is 6.86. The van der Waals surface area contributed by atoms with Gasteiger partial charge in [0.25, 0.3) is 0 Å². The number of anilines is 1. The normalized spacial score (nSPS) is 14.2. The van der Waals surface area contributed by atoms with Gasteiger partial charge in [-0.05, 0) is 36.8 Å². The first-order valence-electron chi connectivity index (χ1n) is 8.00. The van der Waals surface area contributed by atoms with Gasteiger partial charge in [-0.3, -0.25) is 4.79 Å². The molecular weight excluding hydrogens is 304 g/mol. The third-order valence-electron chi connectivity index (χ3n) is 4.40. The summed E-state index contributed by atoms with van der Waals surface area (Å²) in [5.41, 5.74) is 1.87. The zero-order valence-corrected chi connectivity index (χ0v) is 14.3. The van der Waals surface area contributed by atoms with E-state index in [0.29, 0.717) is 6.42 Å². The number of carbonyl (C=O) groups excluding carboxylic acids is 1. The minimum atomic E-state index is 0.114. The number of benzene rings is 1. The molecule has 0 N–H and O–H groups in total. The number of aromatic nitrogens is 2. The molecule has 0 bridgehead atoms. The summed E-state index contributed by atoms with van der Waals surface area (Å²) in [4.78, 5) is 16.4. The first-order valence-corrected chi connectivity index (χ1v) is 8.00. The van der Waals surface area contributed by atoms with Crippen molar-refractivity contribution in [1.82, 2.24) is 15.1 Å². The summed E-state index contributed by atoms with van der Waals surface area (Å²) < 4.78 is 5.20. The van der Waals surface area contributed by atoms with E-state index in [2.05, 4.69) is 15.1 Å². The molecule has 3 rings (SSSR count). The van der Waals surface area contributed by atoms with E-state index in [4.69, 9.17) is 4.74 Å². The number of methoxy groups -OCH3 is 1. The predicted octanol–water partition coefficient (Wildman–Crippen LogP) is 1.68. The molecule has 0 unspecified atom stereocenters. The lowest BCUT2D eigenvalue weighted by Crippen LogP contribution is -2.60. The molecule has 0 atom stereocenters. The zero-order valence-electron chi connectivity index (χ0n) is 14.3. The van der Waals surface area contributed by atoms with E-state index in [1.807, 2.05) is 55.3 Å².